The van der Waals surface area contributed by atoms with E-state index in [0.29, 0.717) is 6.07 Å². The van der Waals surface area contributed by atoms with E-state index in [1.165, 1.54) is 12.1 Å². The molecule has 2 aromatic carbocycles. The van der Waals surface area contributed by atoms with E-state index in [2.05, 4.69) is 0 Å². The maximum absolute atomic E-state index is 13.5. The molecule has 2 rings (SSSR count). The van der Waals surface area contributed by atoms with Crippen LogP contribution in [-0.4, -0.2) is 16.2 Å². The van der Waals surface area contributed by atoms with Crippen LogP contribution in [0.2, 0.25) is 0 Å². The van der Waals surface area contributed by atoms with E-state index in [1.807, 2.05) is 0 Å². The van der Waals surface area contributed by atoms with Gasteiger partial charge in [-0.05, 0) is 29.8 Å². The standard InChI is InChI=1S/C13H8F2O3.Na/c14-8-2-3-9(11(15)6-8)7-1-4-12(16)10(5-7)13(17)18;/h1-6,16H,(H,17,18);/q;+1. The average Bonchev–Trinajstić information content (AvgIpc) is 2.30. The van der Waals surface area contributed by atoms with Crippen LogP contribution in [-0.2, 0) is 0 Å². The van der Waals surface area contributed by atoms with Crippen LogP contribution in [0.5, 0.6) is 5.75 Å². The molecule has 0 heterocycles. The molecule has 0 aliphatic heterocycles. The Kier molecular flexibility index (Phi) is 5.05. The number of benzene rings is 2. The van der Waals surface area contributed by atoms with Crippen LogP contribution < -0.4 is 29.6 Å². The number of aromatic hydroxyl groups is 1. The number of hydrogen-bond acceptors (Lipinski definition) is 2. The smallest absolute Gasteiger partial charge is 0.507 e. The molecule has 0 spiro atoms. The molecule has 0 atom stereocenters. The maximum atomic E-state index is 13.5. The van der Waals surface area contributed by atoms with Crippen LogP contribution >= 0.6 is 0 Å². The predicted octanol–water partition coefficient (Wildman–Crippen LogP) is 0.0396. The minimum absolute atomic E-state index is 0. The molecule has 0 aliphatic rings. The summed E-state index contributed by atoms with van der Waals surface area (Å²) in [6.45, 7) is 0. The topological polar surface area (TPSA) is 57.5 Å². The molecule has 0 amide bonds. The zero-order valence-corrected chi connectivity index (χ0v) is 12.0. The van der Waals surface area contributed by atoms with Gasteiger partial charge in [-0.15, -0.1) is 0 Å². The van der Waals surface area contributed by atoms with Gasteiger partial charge >= 0.3 is 35.5 Å². The van der Waals surface area contributed by atoms with Crippen LogP contribution in [0.1, 0.15) is 10.4 Å². The zero-order valence-electron chi connectivity index (χ0n) is 10.0. The van der Waals surface area contributed by atoms with Crippen molar-refractivity contribution in [3.63, 3.8) is 0 Å². The van der Waals surface area contributed by atoms with Gasteiger partial charge in [0, 0.05) is 11.6 Å². The number of halogens is 2. The Balaban J connectivity index is 0.00000180. The van der Waals surface area contributed by atoms with Crippen LogP contribution in [0.4, 0.5) is 8.78 Å². The van der Waals surface area contributed by atoms with Crippen LogP contribution in [0.15, 0.2) is 36.4 Å². The second-order valence-corrected chi connectivity index (χ2v) is 3.66. The minimum Gasteiger partial charge on any atom is -0.507 e. The summed E-state index contributed by atoms with van der Waals surface area (Å²) in [4.78, 5) is 10.8. The number of aromatic carboxylic acids is 1. The second-order valence-electron chi connectivity index (χ2n) is 3.66. The summed E-state index contributed by atoms with van der Waals surface area (Å²) in [5.74, 6) is -3.24. The van der Waals surface area contributed by atoms with Gasteiger partial charge in [-0.3, -0.25) is 0 Å². The van der Waals surface area contributed by atoms with Crippen LogP contribution in [0, 0.1) is 11.6 Å². The summed E-state index contributed by atoms with van der Waals surface area (Å²) in [7, 11) is 0. The van der Waals surface area contributed by atoms with Crippen LogP contribution in [0.25, 0.3) is 11.1 Å². The first-order valence-electron chi connectivity index (χ1n) is 5.01. The van der Waals surface area contributed by atoms with Gasteiger partial charge in [-0.2, -0.15) is 0 Å². The van der Waals surface area contributed by atoms with Crippen molar-refractivity contribution in [2.24, 2.45) is 0 Å². The molecule has 6 heteroatoms. The molecule has 0 bridgehead atoms. The van der Waals surface area contributed by atoms with Gasteiger partial charge in [0.15, 0.2) is 0 Å². The number of carbonyl (C=O) groups is 1. The molecule has 0 fully saturated rings. The molecule has 0 saturated carbocycles. The second kappa shape index (κ2) is 6.14. The Morgan fingerprint density at radius 3 is 2.32 bits per heavy atom. The number of carboxylic acids is 1. The van der Waals surface area contributed by atoms with E-state index in [9.17, 15) is 18.7 Å². The molecule has 3 nitrogen and oxygen atoms in total. The van der Waals surface area contributed by atoms with Crippen molar-refractivity contribution >= 4 is 5.97 Å². The third kappa shape index (κ3) is 3.32. The molecule has 0 saturated heterocycles. The van der Waals surface area contributed by atoms with Gasteiger partial charge in [0.1, 0.15) is 22.9 Å². The summed E-state index contributed by atoms with van der Waals surface area (Å²) in [6.07, 6.45) is 0. The Labute approximate surface area is 129 Å². The molecular weight excluding hydrogens is 265 g/mol. The van der Waals surface area contributed by atoms with Crippen molar-refractivity contribution in [1.29, 1.82) is 0 Å². The third-order valence-corrected chi connectivity index (χ3v) is 2.47. The van der Waals surface area contributed by atoms with Gasteiger partial charge < -0.3 is 10.2 Å². The van der Waals surface area contributed by atoms with Gasteiger partial charge in [-0.1, -0.05) is 6.07 Å². The van der Waals surface area contributed by atoms with E-state index in [1.54, 1.807) is 0 Å². The molecule has 19 heavy (non-hydrogen) atoms. The van der Waals surface area contributed by atoms with E-state index in [4.69, 9.17) is 5.11 Å². The maximum Gasteiger partial charge on any atom is 1.00 e. The number of hydrogen-bond donors (Lipinski definition) is 2. The Morgan fingerprint density at radius 1 is 1.05 bits per heavy atom. The molecular formula is C13H8F2NaO3+. The van der Waals surface area contributed by atoms with Gasteiger partial charge in [0.25, 0.3) is 0 Å². The van der Waals surface area contributed by atoms with Gasteiger partial charge in [0.2, 0.25) is 0 Å². The summed E-state index contributed by atoms with van der Waals surface area (Å²) in [5, 5.41) is 18.2. The fraction of sp³-hybridized carbons (Fsp3) is 0. The van der Waals surface area contributed by atoms with E-state index >= 15 is 0 Å². The molecule has 0 aromatic heterocycles. The predicted molar refractivity (Wildman–Crippen MR) is 60.4 cm³/mol. The van der Waals surface area contributed by atoms with Crippen LogP contribution in [0.3, 0.4) is 0 Å². The number of rotatable bonds is 2. The molecule has 2 N–H and O–H groups in total. The SMILES string of the molecule is O=C(O)c1cc(-c2ccc(F)cc2F)ccc1O.[Na+]. The first kappa shape index (κ1) is 15.6. The summed E-state index contributed by atoms with van der Waals surface area (Å²) >= 11 is 0. The minimum atomic E-state index is -1.32. The van der Waals surface area contributed by atoms with Crippen molar-refractivity contribution in [3.8, 4) is 16.9 Å². The molecule has 2 aromatic rings. The monoisotopic (exact) mass is 273 g/mol. The quantitative estimate of drug-likeness (QED) is 0.760. The average molecular weight is 273 g/mol. The normalized spacial score (nSPS) is 9.79. The fourth-order valence-electron chi connectivity index (χ4n) is 1.60. The first-order chi connectivity index (χ1) is 8.49. The number of phenols is 1. The van der Waals surface area contributed by atoms with Gasteiger partial charge in [-0.25, -0.2) is 13.6 Å². The molecule has 0 radical (unpaired) electrons. The fourth-order valence-corrected chi connectivity index (χ4v) is 1.60. The Bertz CT molecular complexity index is 629. The summed E-state index contributed by atoms with van der Waals surface area (Å²) in [6, 6.07) is 6.64. The van der Waals surface area contributed by atoms with Crippen molar-refractivity contribution in [1.82, 2.24) is 0 Å². The summed E-state index contributed by atoms with van der Waals surface area (Å²) in [5.41, 5.74) is -0.0159. The van der Waals surface area contributed by atoms with Gasteiger partial charge in [0.05, 0.1) is 0 Å². The molecule has 0 aliphatic carbocycles. The third-order valence-electron chi connectivity index (χ3n) is 2.47. The van der Waals surface area contributed by atoms with Crippen molar-refractivity contribution in [2.75, 3.05) is 0 Å². The van der Waals surface area contributed by atoms with Crippen molar-refractivity contribution in [3.05, 3.63) is 53.6 Å². The zero-order chi connectivity index (χ0) is 13.3. The van der Waals surface area contributed by atoms with Crippen molar-refractivity contribution in [2.45, 2.75) is 0 Å². The number of carboxylic acid groups (broad SMARTS) is 1. The largest absolute Gasteiger partial charge is 1.00 e. The van der Waals surface area contributed by atoms with E-state index in [0.717, 1.165) is 18.2 Å². The summed E-state index contributed by atoms with van der Waals surface area (Å²) < 4.78 is 26.3. The van der Waals surface area contributed by atoms with Crippen molar-refractivity contribution < 1.29 is 53.3 Å². The first-order valence-corrected chi connectivity index (χ1v) is 5.01. The molecule has 0 unspecified atom stereocenters. The Hall–Kier alpha value is -1.43. The molecule has 92 valence electrons. The Morgan fingerprint density at radius 2 is 1.74 bits per heavy atom. The van der Waals surface area contributed by atoms with E-state index < -0.39 is 23.4 Å². The van der Waals surface area contributed by atoms with E-state index in [-0.39, 0.29) is 46.2 Å².